The minimum atomic E-state index is -0.849. The fourth-order valence-electron chi connectivity index (χ4n) is 1.07. The monoisotopic (exact) mass is 168 g/mol. The number of para-hydroxylation sites is 1. The summed E-state index contributed by atoms with van der Waals surface area (Å²) in [5.74, 6) is 0.189. The van der Waals surface area contributed by atoms with Gasteiger partial charge in [-0.3, -0.25) is 0 Å². The van der Waals surface area contributed by atoms with E-state index in [2.05, 4.69) is 0 Å². The van der Waals surface area contributed by atoms with Crippen molar-refractivity contribution < 1.29 is 9.50 Å². The lowest BCUT2D eigenvalue weighted by Gasteiger charge is -2.06. The van der Waals surface area contributed by atoms with E-state index in [4.69, 9.17) is 0 Å². The molecule has 1 aromatic carbocycles. The molecule has 0 saturated carbocycles. The fraction of sp³-hybridized carbons (Fsp3) is 0.400. The Kier molecular flexibility index (Phi) is 3.09. The average Bonchev–Trinajstić information content (AvgIpc) is 2.09. The predicted octanol–water partition coefficient (Wildman–Crippen LogP) is 2.68. The van der Waals surface area contributed by atoms with Gasteiger partial charge in [-0.1, -0.05) is 25.1 Å². The van der Waals surface area contributed by atoms with Crippen LogP contribution in [0, 0.1) is 0 Å². The Balaban J connectivity index is 2.69. The van der Waals surface area contributed by atoms with E-state index in [1.165, 1.54) is 0 Å². The summed E-state index contributed by atoms with van der Waals surface area (Å²) in [4.78, 5) is 0. The van der Waals surface area contributed by atoms with E-state index < -0.39 is 6.17 Å². The molecule has 0 spiro atoms. The number of hydrogen-bond donors (Lipinski definition) is 1. The molecule has 1 nitrogen and oxygen atoms in total. The van der Waals surface area contributed by atoms with Crippen LogP contribution in [-0.2, 0) is 6.42 Å². The Morgan fingerprint density at radius 3 is 2.67 bits per heavy atom. The van der Waals surface area contributed by atoms with Gasteiger partial charge in [-0.05, 0) is 18.1 Å². The molecule has 0 aliphatic rings. The predicted molar refractivity (Wildman–Crippen MR) is 47.0 cm³/mol. The second kappa shape index (κ2) is 4.10. The van der Waals surface area contributed by atoms with Gasteiger partial charge in [-0.2, -0.15) is 0 Å². The summed E-state index contributed by atoms with van der Waals surface area (Å²) in [6.45, 7) is 1.80. The SMILES string of the molecule is CCC(F)Cc1ccccc1O. The minimum Gasteiger partial charge on any atom is -0.508 e. The highest BCUT2D eigenvalue weighted by Gasteiger charge is 2.07. The van der Waals surface area contributed by atoms with Gasteiger partial charge < -0.3 is 5.11 Å². The number of alkyl halides is 1. The van der Waals surface area contributed by atoms with Crippen LogP contribution in [0.1, 0.15) is 18.9 Å². The maximum absolute atomic E-state index is 12.9. The first-order valence-corrected chi connectivity index (χ1v) is 4.15. The standard InChI is InChI=1S/C10H13FO/c1-2-9(11)7-8-5-3-4-6-10(8)12/h3-6,9,12H,2,7H2,1H3. The summed E-state index contributed by atoms with van der Waals surface area (Å²) in [6.07, 6.45) is -0.0457. The average molecular weight is 168 g/mol. The zero-order chi connectivity index (χ0) is 8.97. The summed E-state index contributed by atoms with van der Waals surface area (Å²) >= 11 is 0. The van der Waals surface area contributed by atoms with Gasteiger partial charge in [0.2, 0.25) is 0 Å². The highest BCUT2D eigenvalue weighted by atomic mass is 19.1. The molecule has 12 heavy (non-hydrogen) atoms. The van der Waals surface area contributed by atoms with E-state index >= 15 is 0 Å². The van der Waals surface area contributed by atoms with Gasteiger partial charge >= 0.3 is 0 Å². The quantitative estimate of drug-likeness (QED) is 0.735. The number of halogens is 1. The molecule has 0 heterocycles. The molecule has 0 aromatic heterocycles. The van der Waals surface area contributed by atoms with E-state index in [-0.39, 0.29) is 5.75 Å². The highest BCUT2D eigenvalue weighted by Crippen LogP contribution is 2.19. The maximum atomic E-state index is 12.9. The second-order valence-electron chi connectivity index (χ2n) is 2.84. The van der Waals surface area contributed by atoms with Crippen molar-refractivity contribution >= 4 is 0 Å². The Labute approximate surface area is 71.9 Å². The van der Waals surface area contributed by atoms with Crippen LogP contribution in [-0.4, -0.2) is 11.3 Å². The number of rotatable bonds is 3. The summed E-state index contributed by atoms with van der Waals surface area (Å²) in [7, 11) is 0. The molecule has 1 unspecified atom stereocenters. The Morgan fingerprint density at radius 1 is 1.42 bits per heavy atom. The third-order valence-corrected chi connectivity index (χ3v) is 1.88. The topological polar surface area (TPSA) is 20.2 Å². The summed E-state index contributed by atoms with van der Waals surface area (Å²) in [6, 6.07) is 6.87. The van der Waals surface area contributed by atoms with E-state index in [1.54, 1.807) is 31.2 Å². The third-order valence-electron chi connectivity index (χ3n) is 1.88. The molecule has 0 fully saturated rings. The molecule has 0 aliphatic carbocycles. The van der Waals surface area contributed by atoms with Crippen LogP contribution < -0.4 is 0 Å². The van der Waals surface area contributed by atoms with Gasteiger partial charge in [0, 0.05) is 6.42 Å². The number of benzene rings is 1. The fourth-order valence-corrected chi connectivity index (χ4v) is 1.07. The first-order valence-electron chi connectivity index (χ1n) is 4.15. The van der Waals surface area contributed by atoms with Gasteiger partial charge in [0.05, 0.1) is 0 Å². The second-order valence-corrected chi connectivity index (χ2v) is 2.84. The molecular formula is C10H13FO. The first kappa shape index (κ1) is 9.04. The number of phenolic OH excluding ortho intramolecular Hbond substituents is 1. The van der Waals surface area contributed by atoms with Crippen molar-refractivity contribution in [3.63, 3.8) is 0 Å². The Bertz CT molecular complexity index is 247. The van der Waals surface area contributed by atoms with Crippen LogP contribution in [0.4, 0.5) is 4.39 Å². The number of aromatic hydroxyl groups is 1. The van der Waals surface area contributed by atoms with Crippen LogP contribution in [0.3, 0.4) is 0 Å². The molecule has 0 aliphatic heterocycles. The minimum absolute atomic E-state index is 0.189. The van der Waals surface area contributed by atoms with Gasteiger partial charge in [0.15, 0.2) is 0 Å². The molecule has 66 valence electrons. The lowest BCUT2D eigenvalue weighted by molar-refractivity contribution is 0.319. The van der Waals surface area contributed by atoms with Crippen LogP contribution in [0.5, 0.6) is 5.75 Å². The van der Waals surface area contributed by atoms with Crippen LogP contribution in [0.25, 0.3) is 0 Å². The maximum Gasteiger partial charge on any atom is 0.118 e. The van der Waals surface area contributed by atoms with Crippen molar-refractivity contribution in [1.82, 2.24) is 0 Å². The molecule has 0 radical (unpaired) electrons. The van der Waals surface area contributed by atoms with E-state index in [9.17, 15) is 9.50 Å². The lowest BCUT2D eigenvalue weighted by Crippen LogP contribution is -2.02. The van der Waals surface area contributed by atoms with Crippen molar-refractivity contribution in [1.29, 1.82) is 0 Å². The summed E-state index contributed by atoms with van der Waals surface area (Å²) in [5, 5.41) is 9.29. The molecule has 0 bridgehead atoms. The summed E-state index contributed by atoms with van der Waals surface area (Å²) < 4.78 is 12.9. The molecule has 1 aromatic rings. The summed E-state index contributed by atoms with van der Waals surface area (Å²) in [5.41, 5.74) is 0.687. The van der Waals surface area contributed by atoms with Crippen molar-refractivity contribution in [3.8, 4) is 5.75 Å². The van der Waals surface area contributed by atoms with Crippen molar-refractivity contribution in [2.75, 3.05) is 0 Å². The zero-order valence-electron chi connectivity index (χ0n) is 7.13. The van der Waals surface area contributed by atoms with Crippen molar-refractivity contribution in [2.45, 2.75) is 25.9 Å². The molecule has 1 rings (SSSR count). The van der Waals surface area contributed by atoms with E-state index in [0.29, 0.717) is 18.4 Å². The molecule has 1 N–H and O–H groups in total. The van der Waals surface area contributed by atoms with E-state index in [1.807, 2.05) is 0 Å². The van der Waals surface area contributed by atoms with Crippen molar-refractivity contribution in [3.05, 3.63) is 29.8 Å². The largest absolute Gasteiger partial charge is 0.508 e. The molecule has 2 heteroatoms. The Hall–Kier alpha value is -1.05. The zero-order valence-corrected chi connectivity index (χ0v) is 7.13. The normalized spacial score (nSPS) is 12.8. The van der Waals surface area contributed by atoms with Gasteiger partial charge in [0.1, 0.15) is 11.9 Å². The van der Waals surface area contributed by atoms with Gasteiger partial charge in [-0.25, -0.2) is 4.39 Å². The third kappa shape index (κ3) is 2.22. The number of phenols is 1. The molecule has 1 atom stereocenters. The molecular weight excluding hydrogens is 155 g/mol. The molecule has 0 amide bonds. The van der Waals surface area contributed by atoms with Gasteiger partial charge in [0.25, 0.3) is 0 Å². The van der Waals surface area contributed by atoms with Crippen LogP contribution in [0.15, 0.2) is 24.3 Å². The number of hydrogen-bond acceptors (Lipinski definition) is 1. The van der Waals surface area contributed by atoms with Gasteiger partial charge in [-0.15, -0.1) is 0 Å². The lowest BCUT2D eigenvalue weighted by atomic mass is 10.1. The van der Waals surface area contributed by atoms with Crippen LogP contribution >= 0.6 is 0 Å². The van der Waals surface area contributed by atoms with E-state index in [0.717, 1.165) is 0 Å². The smallest absolute Gasteiger partial charge is 0.118 e. The van der Waals surface area contributed by atoms with Crippen molar-refractivity contribution in [2.24, 2.45) is 0 Å². The molecule has 0 saturated heterocycles. The highest BCUT2D eigenvalue weighted by molar-refractivity contribution is 5.32. The Morgan fingerprint density at radius 2 is 2.08 bits per heavy atom. The van der Waals surface area contributed by atoms with Crippen LogP contribution in [0.2, 0.25) is 0 Å². The first-order chi connectivity index (χ1) is 5.74.